The Labute approximate surface area is 612 Å². The van der Waals surface area contributed by atoms with Gasteiger partial charge in [0.15, 0.2) is 12.2 Å². The molecule has 0 aromatic heterocycles. The van der Waals surface area contributed by atoms with Gasteiger partial charge in [-0.1, -0.05) is 348 Å². The monoisotopic (exact) mass is 1460 g/mol. The Morgan fingerprint density at radius 2 is 0.590 bits per heavy atom. The van der Waals surface area contributed by atoms with Gasteiger partial charge in [-0.15, -0.1) is 0 Å². The van der Waals surface area contributed by atoms with Gasteiger partial charge in [-0.25, -0.2) is 9.13 Å². The molecule has 0 spiro atoms. The molecule has 590 valence electrons. The minimum Gasteiger partial charge on any atom is -0.462 e. The SMILES string of the molecule is CCCCCC/C=C\C=C/CCCCCCCC(=O)OC[C@H](COP(=O)(O)OC[C@@H](O)COP(=O)(O)OC[C@@H](COC(=O)CCCCCCCCC(C)CC)OC(=O)CCCCCCCCCCCCCCCC)OC(=O)CCCCCCCCCCCCCCCCCCCCC(C)C. The van der Waals surface area contributed by atoms with Crippen LogP contribution in [0, 0.1) is 11.8 Å². The molecule has 19 heteroatoms. The van der Waals surface area contributed by atoms with E-state index in [1.807, 2.05) is 0 Å². The molecule has 0 amide bonds. The normalized spacial score (nSPS) is 14.3. The van der Waals surface area contributed by atoms with Gasteiger partial charge in [0.1, 0.15) is 19.3 Å². The van der Waals surface area contributed by atoms with E-state index >= 15 is 0 Å². The minimum atomic E-state index is -4.97. The van der Waals surface area contributed by atoms with Gasteiger partial charge in [-0.2, -0.15) is 0 Å². The molecule has 100 heavy (non-hydrogen) atoms. The molecule has 17 nitrogen and oxygen atoms in total. The summed E-state index contributed by atoms with van der Waals surface area (Å²) < 4.78 is 68.6. The van der Waals surface area contributed by atoms with Crippen LogP contribution in [0.15, 0.2) is 24.3 Å². The summed E-state index contributed by atoms with van der Waals surface area (Å²) in [7, 11) is -9.93. The lowest BCUT2D eigenvalue weighted by molar-refractivity contribution is -0.161. The zero-order valence-corrected chi connectivity index (χ0v) is 66.8. The fourth-order valence-electron chi connectivity index (χ4n) is 12.0. The first-order chi connectivity index (χ1) is 48.4. The highest BCUT2D eigenvalue weighted by atomic mass is 31.2. The summed E-state index contributed by atoms with van der Waals surface area (Å²) in [4.78, 5) is 73.0. The van der Waals surface area contributed by atoms with Gasteiger partial charge in [0.2, 0.25) is 0 Å². The number of hydrogen-bond donors (Lipinski definition) is 3. The van der Waals surface area contributed by atoms with Crippen molar-refractivity contribution in [3.05, 3.63) is 24.3 Å². The van der Waals surface area contributed by atoms with Crippen molar-refractivity contribution in [1.82, 2.24) is 0 Å². The average molecular weight is 1460 g/mol. The highest BCUT2D eigenvalue weighted by Crippen LogP contribution is 2.45. The smallest absolute Gasteiger partial charge is 0.462 e. The van der Waals surface area contributed by atoms with Crippen LogP contribution in [0.3, 0.4) is 0 Å². The Morgan fingerprint density at radius 3 is 0.900 bits per heavy atom. The van der Waals surface area contributed by atoms with E-state index < -0.39 is 97.5 Å². The summed E-state index contributed by atoms with van der Waals surface area (Å²) in [5, 5.41) is 10.6. The summed E-state index contributed by atoms with van der Waals surface area (Å²) in [5.74, 6) is -0.592. The van der Waals surface area contributed by atoms with Crippen molar-refractivity contribution in [2.75, 3.05) is 39.6 Å². The van der Waals surface area contributed by atoms with Crippen LogP contribution < -0.4 is 0 Å². The number of phosphoric ester groups is 2. The molecule has 0 aliphatic rings. The maximum absolute atomic E-state index is 13.1. The molecule has 0 bridgehead atoms. The fraction of sp³-hybridized carbons (Fsp3) is 0.901. The molecule has 0 saturated carbocycles. The third kappa shape index (κ3) is 72.5. The third-order valence-corrected chi connectivity index (χ3v) is 20.6. The zero-order chi connectivity index (χ0) is 73.5. The zero-order valence-electron chi connectivity index (χ0n) is 65.0. The Balaban J connectivity index is 5.26. The lowest BCUT2D eigenvalue weighted by atomic mass is 10.00. The van der Waals surface area contributed by atoms with Gasteiger partial charge >= 0.3 is 39.5 Å². The number of unbranched alkanes of at least 4 members (excludes halogenated alkanes) is 44. The number of esters is 4. The van der Waals surface area contributed by atoms with Crippen molar-refractivity contribution in [2.45, 2.75) is 419 Å². The molecule has 0 saturated heterocycles. The lowest BCUT2D eigenvalue weighted by Gasteiger charge is -2.21. The highest BCUT2D eigenvalue weighted by molar-refractivity contribution is 7.47. The van der Waals surface area contributed by atoms with E-state index in [0.29, 0.717) is 25.7 Å². The Bertz CT molecular complexity index is 2020. The summed E-state index contributed by atoms with van der Waals surface area (Å²) >= 11 is 0. The topological polar surface area (TPSA) is 237 Å². The number of allylic oxidation sites excluding steroid dienone is 4. The van der Waals surface area contributed by atoms with Crippen LogP contribution in [0.1, 0.15) is 401 Å². The second-order valence-electron chi connectivity index (χ2n) is 29.2. The number of hydrogen-bond acceptors (Lipinski definition) is 15. The van der Waals surface area contributed by atoms with Crippen molar-refractivity contribution in [1.29, 1.82) is 0 Å². The summed E-state index contributed by atoms with van der Waals surface area (Å²) in [6, 6.07) is 0. The predicted octanol–water partition coefficient (Wildman–Crippen LogP) is 23.8. The molecule has 0 radical (unpaired) electrons. The standard InChI is InChI=1S/C81H154O17P2/c1-7-10-12-14-16-18-20-22-28-33-36-40-44-51-57-63-78(83)91-69-76(97-80(85)66-60-54-46-42-38-34-30-27-25-24-26-29-31-35-39-43-49-55-61-73(4)5)71-95-99(87,88)93-67-75(82)68-94-100(89,90)96-72-77(70-92-79(84)64-58-52-48-47-50-56-62-74(6)9-3)98-81(86)65-59-53-45-41-37-32-23-21-19-17-15-13-11-8-2/h18,20,22,28,73-77,82H,7-17,19,21,23-27,29-72H2,1-6H3,(H,87,88)(H,89,90)/b20-18-,28-22-/t74?,75-,76-,77-/m1/s1. The first-order valence-corrected chi connectivity index (χ1v) is 44.3. The van der Waals surface area contributed by atoms with Crippen molar-refractivity contribution in [3.8, 4) is 0 Å². The third-order valence-electron chi connectivity index (χ3n) is 18.7. The van der Waals surface area contributed by atoms with Gasteiger partial charge in [-0.3, -0.25) is 37.3 Å². The summed E-state index contributed by atoms with van der Waals surface area (Å²) in [5.41, 5.74) is 0. The van der Waals surface area contributed by atoms with E-state index in [-0.39, 0.29) is 25.7 Å². The second kappa shape index (κ2) is 72.1. The maximum atomic E-state index is 13.1. The van der Waals surface area contributed by atoms with Gasteiger partial charge in [-0.05, 0) is 63.2 Å². The van der Waals surface area contributed by atoms with Crippen LogP contribution in [0.4, 0.5) is 0 Å². The number of aliphatic hydroxyl groups is 1. The number of carbonyl (C=O) groups excluding carboxylic acids is 4. The van der Waals surface area contributed by atoms with Crippen molar-refractivity contribution < 1.29 is 80.2 Å². The van der Waals surface area contributed by atoms with E-state index in [1.54, 1.807) is 0 Å². The molecule has 0 aliphatic carbocycles. The van der Waals surface area contributed by atoms with E-state index in [9.17, 15) is 43.2 Å². The highest BCUT2D eigenvalue weighted by Gasteiger charge is 2.30. The molecular formula is C81H154O17P2. The van der Waals surface area contributed by atoms with Gasteiger partial charge < -0.3 is 33.8 Å². The van der Waals surface area contributed by atoms with Crippen LogP contribution >= 0.6 is 15.6 Å². The van der Waals surface area contributed by atoms with Crippen molar-refractivity contribution >= 4 is 39.5 Å². The maximum Gasteiger partial charge on any atom is 0.472 e. The second-order valence-corrected chi connectivity index (χ2v) is 32.1. The molecule has 0 aliphatic heterocycles. The van der Waals surface area contributed by atoms with Crippen LogP contribution in [-0.2, 0) is 65.4 Å². The molecule has 0 aromatic rings. The molecule has 3 N–H and O–H groups in total. The number of aliphatic hydroxyl groups excluding tert-OH is 1. The first-order valence-electron chi connectivity index (χ1n) is 41.3. The summed E-state index contributed by atoms with van der Waals surface area (Å²) in [6.45, 7) is 9.56. The van der Waals surface area contributed by atoms with E-state index in [0.717, 1.165) is 127 Å². The number of carbonyl (C=O) groups is 4. The quantitative estimate of drug-likeness (QED) is 0.0169. The van der Waals surface area contributed by atoms with Crippen molar-refractivity contribution in [2.24, 2.45) is 11.8 Å². The molecule has 0 heterocycles. The molecule has 3 unspecified atom stereocenters. The number of phosphoric acid groups is 2. The number of rotatable bonds is 78. The Hall–Kier alpha value is -2.46. The first kappa shape index (κ1) is 97.5. The van der Waals surface area contributed by atoms with Crippen LogP contribution in [0.2, 0.25) is 0 Å². The van der Waals surface area contributed by atoms with E-state index in [2.05, 4.69) is 65.8 Å². The van der Waals surface area contributed by atoms with Crippen molar-refractivity contribution in [3.63, 3.8) is 0 Å². The van der Waals surface area contributed by atoms with E-state index in [1.165, 1.54) is 193 Å². The molecular weight excluding hydrogens is 1310 g/mol. The number of ether oxygens (including phenoxy) is 4. The van der Waals surface area contributed by atoms with Crippen LogP contribution in [0.5, 0.6) is 0 Å². The van der Waals surface area contributed by atoms with Gasteiger partial charge in [0.25, 0.3) is 0 Å². The Morgan fingerprint density at radius 1 is 0.330 bits per heavy atom. The molecule has 0 fully saturated rings. The fourth-order valence-corrected chi connectivity index (χ4v) is 13.5. The summed E-state index contributed by atoms with van der Waals surface area (Å²) in [6.07, 6.45) is 64.7. The molecule has 6 atom stereocenters. The average Bonchev–Trinajstić information content (AvgIpc) is 1.03. The predicted molar refractivity (Wildman–Crippen MR) is 409 cm³/mol. The van der Waals surface area contributed by atoms with Crippen LogP contribution in [0.25, 0.3) is 0 Å². The Kier molecular flexibility index (Phi) is 70.3. The van der Waals surface area contributed by atoms with Crippen LogP contribution in [-0.4, -0.2) is 96.7 Å². The van der Waals surface area contributed by atoms with Gasteiger partial charge in [0, 0.05) is 25.7 Å². The lowest BCUT2D eigenvalue weighted by Crippen LogP contribution is -2.30. The molecule has 0 aromatic carbocycles. The largest absolute Gasteiger partial charge is 0.472 e. The van der Waals surface area contributed by atoms with Gasteiger partial charge in [0.05, 0.1) is 26.4 Å². The molecule has 0 rings (SSSR count). The van der Waals surface area contributed by atoms with E-state index in [4.69, 9.17) is 37.0 Å². The minimum absolute atomic E-state index is 0.101.